The highest BCUT2D eigenvalue weighted by Gasteiger charge is 2.12. The maximum Gasteiger partial charge on any atom is 0.256 e. The molecule has 0 atom stereocenters. The van der Waals surface area contributed by atoms with Gasteiger partial charge in [-0.15, -0.1) is 0 Å². The minimum absolute atomic E-state index is 0.0898. The Morgan fingerprint density at radius 1 is 1.39 bits per heavy atom. The van der Waals surface area contributed by atoms with Gasteiger partial charge in [-0.25, -0.2) is 9.37 Å². The van der Waals surface area contributed by atoms with E-state index in [-0.39, 0.29) is 12.4 Å². The lowest BCUT2D eigenvalue weighted by atomic mass is 10.2. The van der Waals surface area contributed by atoms with Gasteiger partial charge in [-0.05, 0) is 40.2 Å². The van der Waals surface area contributed by atoms with Crippen molar-refractivity contribution in [2.45, 2.75) is 6.54 Å². The fraction of sp³-hybridized carbons (Fsp3) is 0.0833. The second-order valence-corrected chi connectivity index (χ2v) is 4.76. The molecule has 0 aliphatic rings. The zero-order chi connectivity index (χ0) is 13.1. The summed E-state index contributed by atoms with van der Waals surface area (Å²) in [7, 11) is 0. The van der Waals surface area contributed by atoms with Crippen molar-refractivity contribution in [2.24, 2.45) is 5.73 Å². The summed E-state index contributed by atoms with van der Waals surface area (Å²) in [6, 6.07) is 6.44. The van der Waals surface area contributed by atoms with Crippen LogP contribution in [0.4, 0.5) is 4.39 Å². The summed E-state index contributed by atoms with van der Waals surface area (Å²) < 4.78 is 19.9. The maximum absolute atomic E-state index is 13.9. The van der Waals surface area contributed by atoms with Crippen molar-refractivity contribution in [1.29, 1.82) is 0 Å². The zero-order valence-corrected chi connectivity index (χ0v) is 11.5. The van der Waals surface area contributed by atoms with E-state index in [0.717, 1.165) is 0 Å². The molecule has 0 radical (unpaired) electrons. The maximum atomic E-state index is 13.9. The second kappa shape index (κ2) is 5.65. The van der Waals surface area contributed by atoms with Crippen molar-refractivity contribution >= 4 is 27.5 Å². The Morgan fingerprint density at radius 3 is 2.83 bits per heavy atom. The predicted molar refractivity (Wildman–Crippen MR) is 71.3 cm³/mol. The first-order valence-electron chi connectivity index (χ1n) is 5.08. The topological polar surface area (TPSA) is 48.1 Å². The van der Waals surface area contributed by atoms with Crippen LogP contribution in [0.15, 0.2) is 34.9 Å². The number of rotatable bonds is 3. The van der Waals surface area contributed by atoms with Gasteiger partial charge >= 0.3 is 0 Å². The highest BCUT2D eigenvalue weighted by molar-refractivity contribution is 9.10. The number of ether oxygens (including phenoxy) is 1. The van der Waals surface area contributed by atoms with Gasteiger partial charge in [0.05, 0.1) is 4.47 Å². The van der Waals surface area contributed by atoms with Crippen LogP contribution in [0.2, 0.25) is 5.02 Å². The Bertz CT molecular complexity index is 580. The monoisotopic (exact) mass is 330 g/mol. The number of halogens is 3. The molecule has 0 aliphatic carbocycles. The van der Waals surface area contributed by atoms with Gasteiger partial charge in [-0.2, -0.15) is 0 Å². The summed E-state index contributed by atoms with van der Waals surface area (Å²) in [6.45, 7) is 0.0898. The minimum atomic E-state index is -0.554. The average molecular weight is 332 g/mol. The lowest BCUT2D eigenvalue weighted by Gasteiger charge is -2.09. The third kappa shape index (κ3) is 2.80. The molecule has 0 aliphatic heterocycles. The smallest absolute Gasteiger partial charge is 0.256 e. The number of benzene rings is 1. The van der Waals surface area contributed by atoms with Crippen LogP contribution >= 0.6 is 27.5 Å². The van der Waals surface area contributed by atoms with E-state index in [0.29, 0.717) is 20.8 Å². The van der Waals surface area contributed by atoms with Gasteiger partial charge in [0.1, 0.15) is 5.75 Å². The molecule has 2 rings (SSSR count). The molecule has 0 unspecified atom stereocenters. The molecule has 0 saturated heterocycles. The number of hydrogen-bond acceptors (Lipinski definition) is 3. The normalized spacial score (nSPS) is 10.4. The fourth-order valence-corrected chi connectivity index (χ4v) is 2.12. The van der Waals surface area contributed by atoms with Crippen LogP contribution in [-0.2, 0) is 6.54 Å². The molecule has 3 nitrogen and oxygen atoms in total. The van der Waals surface area contributed by atoms with Crippen LogP contribution in [0.3, 0.4) is 0 Å². The van der Waals surface area contributed by atoms with Gasteiger partial charge in [-0.3, -0.25) is 0 Å². The summed E-state index contributed by atoms with van der Waals surface area (Å²) in [5, 5.41) is 0.554. The van der Waals surface area contributed by atoms with Crippen LogP contribution in [0.1, 0.15) is 5.56 Å². The Balaban J connectivity index is 2.34. The quantitative estimate of drug-likeness (QED) is 0.928. The fourth-order valence-electron chi connectivity index (χ4n) is 1.35. The molecule has 0 saturated carbocycles. The predicted octanol–water partition coefficient (Wildman–Crippen LogP) is 3.89. The molecule has 2 N–H and O–H groups in total. The van der Waals surface area contributed by atoms with E-state index < -0.39 is 5.82 Å². The van der Waals surface area contributed by atoms with Crippen molar-refractivity contribution in [3.63, 3.8) is 0 Å². The average Bonchev–Trinajstić information content (AvgIpc) is 2.35. The summed E-state index contributed by atoms with van der Waals surface area (Å²) in [6.07, 6.45) is 1.45. The summed E-state index contributed by atoms with van der Waals surface area (Å²) in [4.78, 5) is 3.84. The van der Waals surface area contributed by atoms with E-state index in [1.165, 1.54) is 12.3 Å². The van der Waals surface area contributed by atoms with E-state index in [2.05, 4.69) is 20.9 Å². The van der Waals surface area contributed by atoms with Crippen molar-refractivity contribution in [3.05, 3.63) is 51.3 Å². The molecule has 0 spiro atoms. The van der Waals surface area contributed by atoms with Crippen LogP contribution in [0.5, 0.6) is 11.6 Å². The molecule has 0 bridgehead atoms. The van der Waals surface area contributed by atoms with Gasteiger partial charge in [0, 0.05) is 23.3 Å². The molecule has 1 heterocycles. The Labute approximate surface area is 117 Å². The Morgan fingerprint density at radius 2 is 2.17 bits per heavy atom. The first-order chi connectivity index (χ1) is 8.61. The lowest BCUT2D eigenvalue weighted by Crippen LogP contribution is -2.02. The molecule has 0 amide bonds. The van der Waals surface area contributed by atoms with Crippen molar-refractivity contribution in [2.75, 3.05) is 0 Å². The van der Waals surface area contributed by atoms with E-state index in [1.807, 2.05) is 0 Å². The van der Waals surface area contributed by atoms with Gasteiger partial charge in [-0.1, -0.05) is 11.6 Å². The molecule has 18 heavy (non-hydrogen) atoms. The third-order valence-corrected chi connectivity index (χ3v) is 3.11. The van der Waals surface area contributed by atoms with Crippen LogP contribution in [0.25, 0.3) is 0 Å². The standard InChI is InChI=1S/C12H9BrClFN2O/c13-9-5-8(14)1-2-10(9)18-12-11(15)7(6-16)3-4-17-12/h1-5H,6,16H2. The molecule has 94 valence electrons. The van der Waals surface area contributed by atoms with Crippen LogP contribution < -0.4 is 10.5 Å². The van der Waals surface area contributed by atoms with Crippen molar-refractivity contribution in [1.82, 2.24) is 4.98 Å². The third-order valence-electron chi connectivity index (χ3n) is 2.26. The summed E-state index contributed by atoms with van der Waals surface area (Å²) >= 11 is 9.09. The molecule has 2 aromatic rings. The molecular weight excluding hydrogens is 322 g/mol. The number of nitrogens with zero attached hydrogens (tertiary/aromatic N) is 1. The Kier molecular flexibility index (Phi) is 4.16. The number of nitrogens with two attached hydrogens (primary N) is 1. The number of aromatic nitrogens is 1. The van der Waals surface area contributed by atoms with E-state index in [9.17, 15) is 4.39 Å². The van der Waals surface area contributed by atoms with Crippen molar-refractivity contribution in [3.8, 4) is 11.6 Å². The van der Waals surface area contributed by atoms with E-state index >= 15 is 0 Å². The van der Waals surface area contributed by atoms with Crippen LogP contribution in [-0.4, -0.2) is 4.98 Å². The lowest BCUT2D eigenvalue weighted by molar-refractivity contribution is 0.417. The van der Waals surface area contributed by atoms with E-state index in [1.54, 1.807) is 18.2 Å². The summed E-state index contributed by atoms with van der Waals surface area (Å²) in [5.41, 5.74) is 5.76. The first kappa shape index (κ1) is 13.3. The second-order valence-electron chi connectivity index (χ2n) is 3.47. The van der Waals surface area contributed by atoms with Gasteiger partial charge in [0.2, 0.25) is 0 Å². The minimum Gasteiger partial charge on any atom is -0.435 e. The van der Waals surface area contributed by atoms with Gasteiger partial charge < -0.3 is 10.5 Å². The highest BCUT2D eigenvalue weighted by atomic mass is 79.9. The molecular formula is C12H9BrClFN2O. The molecule has 0 fully saturated rings. The van der Waals surface area contributed by atoms with Crippen molar-refractivity contribution < 1.29 is 9.13 Å². The van der Waals surface area contributed by atoms with Crippen LogP contribution in [0, 0.1) is 5.82 Å². The highest BCUT2D eigenvalue weighted by Crippen LogP contribution is 2.32. The number of pyridine rings is 1. The first-order valence-corrected chi connectivity index (χ1v) is 6.25. The summed E-state index contributed by atoms with van der Waals surface area (Å²) in [5.74, 6) is -0.234. The Hall–Kier alpha value is -1.17. The van der Waals surface area contributed by atoms with E-state index in [4.69, 9.17) is 22.1 Å². The van der Waals surface area contributed by atoms with Gasteiger partial charge in [0.15, 0.2) is 5.82 Å². The zero-order valence-electron chi connectivity index (χ0n) is 9.16. The molecule has 1 aromatic heterocycles. The molecule has 1 aromatic carbocycles. The van der Waals surface area contributed by atoms with Gasteiger partial charge in [0.25, 0.3) is 5.88 Å². The largest absolute Gasteiger partial charge is 0.435 e. The molecule has 6 heteroatoms. The number of hydrogen-bond donors (Lipinski definition) is 1. The SMILES string of the molecule is NCc1ccnc(Oc2ccc(Cl)cc2Br)c1F.